The van der Waals surface area contributed by atoms with Gasteiger partial charge in [0.1, 0.15) is 0 Å². The third-order valence-electron chi connectivity index (χ3n) is 8.51. The van der Waals surface area contributed by atoms with E-state index >= 15 is 0 Å². The molecular formula is C37H26N2. The number of fused-ring (bicyclic) bond motifs is 10. The Morgan fingerprint density at radius 1 is 0.385 bits per heavy atom. The number of benzene rings is 6. The van der Waals surface area contributed by atoms with Crippen molar-refractivity contribution in [2.75, 3.05) is 5.01 Å². The zero-order chi connectivity index (χ0) is 26.0. The van der Waals surface area contributed by atoms with E-state index in [1.54, 1.807) is 5.01 Å². The molecule has 6 aromatic rings. The molecule has 2 N–H and O–H groups in total. The molecule has 0 atom stereocenters. The van der Waals surface area contributed by atoms with Gasteiger partial charge in [-0.1, -0.05) is 121 Å². The van der Waals surface area contributed by atoms with Gasteiger partial charge in [0.15, 0.2) is 0 Å². The molecule has 0 heterocycles. The lowest BCUT2D eigenvalue weighted by atomic mass is 9.70. The second kappa shape index (κ2) is 8.29. The standard InChI is InChI=1S/C37H26N2/c38-39(27-20-18-26(19-21-27)25-10-2-1-3-11-25)28-22-23-32-31-14-6-9-17-35(31)37(36(32)24-28)33-15-7-4-12-29(33)30-13-5-8-16-34(30)37/h1-24H,38H2. The topological polar surface area (TPSA) is 29.3 Å². The molecule has 0 unspecified atom stereocenters. The zero-order valence-corrected chi connectivity index (χ0v) is 21.4. The Hall–Kier alpha value is -4.92. The van der Waals surface area contributed by atoms with Gasteiger partial charge in [-0.05, 0) is 79.9 Å². The molecule has 0 fully saturated rings. The summed E-state index contributed by atoms with van der Waals surface area (Å²) in [5, 5.41) is 1.80. The molecule has 1 spiro atoms. The van der Waals surface area contributed by atoms with Crippen LogP contribution in [0.1, 0.15) is 22.3 Å². The Kier molecular flexibility index (Phi) is 4.70. The molecule has 8 rings (SSSR count). The molecule has 6 aromatic carbocycles. The van der Waals surface area contributed by atoms with Crippen LogP contribution in [0.15, 0.2) is 146 Å². The molecular weight excluding hydrogens is 472 g/mol. The minimum absolute atomic E-state index is 0.368. The molecule has 2 nitrogen and oxygen atoms in total. The van der Waals surface area contributed by atoms with E-state index < -0.39 is 0 Å². The molecule has 2 heteroatoms. The van der Waals surface area contributed by atoms with E-state index in [4.69, 9.17) is 5.84 Å². The number of rotatable bonds is 3. The van der Waals surface area contributed by atoms with Crippen molar-refractivity contribution in [1.29, 1.82) is 0 Å². The molecule has 184 valence electrons. The summed E-state index contributed by atoms with van der Waals surface area (Å²) in [5.41, 5.74) is 14.4. The van der Waals surface area contributed by atoms with Gasteiger partial charge in [-0.15, -0.1) is 0 Å². The summed E-state index contributed by atoms with van der Waals surface area (Å²) in [6.45, 7) is 0. The van der Waals surface area contributed by atoms with Gasteiger partial charge in [0.25, 0.3) is 0 Å². The fourth-order valence-electron chi connectivity index (χ4n) is 6.83. The first-order valence-electron chi connectivity index (χ1n) is 13.4. The number of anilines is 2. The van der Waals surface area contributed by atoms with Gasteiger partial charge in [0.2, 0.25) is 0 Å². The Labute approximate surface area is 228 Å². The van der Waals surface area contributed by atoms with Crippen LogP contribution >= 0.6 is 0 Å². The van der Waals surface area contributed by atoms with Gasteiger partial charge < -0.3 is 0 Å². The SMILES string of the molecule is NN(c1ccc(-c2ccccc2)cc1)c1ccc2c(c1)C1(c3ccccc3-c3ccccc31)c1ccccc1-2. The Bertz CT molecular complexity index is 1810. The monoisotopic (exact) mass is 498 g/mol. The van der Waals surface area contributed by atoms with Crippen molar-refractivity contribution >= 4 is 11.4 Å². The Morgan fingerprint density at radius 3 is 1.38 bits per heavy atom. The largest absolute Gasteiger partial charge is 0.280 e. The van der Waals surface area contributed by atoms with Crippen molar-refractivity contribution in [2.24, 2.45) is 5.84 Å². The molecule has 0 radical (unpaired) electrons. The second-order valence-corrected chi connectivity index (χ2v) is 10.4. The Morgan fingerprint density at radius 2 is 0.821 bits per heavy atom. The van der Waals surface area contributed by atoms with Crippen LogP contribution in [0.2, 0.25) is 0 Å². The fourth-order valence-corrected chi connectivity index (χ4v) is 6.83. The van der Waals surface area contributed by atoms with Crippen molar-refractivity contribution in [3.8, 4) is 33.4 Å². The summed E-state index contributed by atoms with van der Waals surface area (Å²) in [6.07, 6.45) is 0. The normalized spacial score (nSPS) is 13.5. The highest BCUT2D eigenvalue weighted by atomic mass is 15.4. The average Bonchev–Trinajstić information content (AvgIpc) is 3.48. The predicted molar refractivity (Wildman–Crippen MR) is 161 cm³/mol. The molecule has 2 aliphatic carbocycles. The van der Waals surface area contributed by atoms with Gasteiger partial charge in [0, 0.05) is 0 Å². The number of hydrogen-bond acceptors (Lipinski definition) is 2. The summed E-state index contributed by atoms with van der Waals surface area (Å²) in [6, 6.07) is 52.2. The van der Waals surface area contributed by atoms with E-state index in [0.29, 0.717) is 0 Å². The highest BCUT2D eigenvalue weighted by Crippen LogP contribution is 2.63. The van der Waals surface area contributed by atoms with Crippen molar-refractivity contribution in [3.63, 3.8) is 0 Å². The van der Waals surface area contributed by atoms with Crippen LogP contribution in [-0.4, -0.2) is 0 Å². The third kappa shape index (κ3) is 3.01. The van der Waals surface area contributed by atoms with Crippen LogP contribution in [0.25, 0.3) is 33.4 Å². The van der Waals surface area contributed by atoms with Crippen LogP contribution in [0.3, 0.4) is 0 Å². The first kappa shape index (κ1) is 22.1. The van der Waals surface area contributed by atoms with Crippen LogP contribution < -0.4 is 10.9 Å². The van der Waals surface area contributed by atoms with E-state index in [1.807, 2.05) is 6.07 Å². The molecule has 0 aliphatic heterocycles. The lowest BCUT2D eigenvalue weighted by Crippen LogP contribution is -2.28. The van der Waals surface area contributed by atoms with E-state index in [1.165, 1.54) is 55.6 Å². The molecule has 0 saturated carbocycles. The summed E-state index contributed by atoms with van der Waals surface area (Å²) >= 11 is 0. The minimum atomic E-state index is -0.368. The summed E-state index contributed by atoms with van der Waals surface area (Å²) in [4.78, 5) is 0. The van der Waals surface area contributed by atoms with Gasteiger partial charge in [-0.25, -0.2) is 5.84 Å². The quantitative estimate of drug-likeness (QED) is 0.195. The first-order valence-corrected chi connectivity index (χ1v) is 13.4. The van der Waals surface area contributed by atoms with Gasteiger partial charge in [0.05, 0.1) is 16.8 Å². The first-order chi connectivity index (χ1) is 19.3. The van der Waals surface area contributed by atoms with Gasteiger partial charge in [-0.3, -0.25) is 5.01 Å². The minimum Gasteiger partial charge on any atom is -0.280 e. The lowest BCUT2D eigenvalue weighted by molar-refractivity contribution is 0.793. The molecule has 2 aliphatic rings. The highest BCUT2D eigenvalue weighted by molar-refractivity contribution is 5.95. The van der Waals surface area contributed by atoms with Gasteiger partial charge >= 0.3 is 0 Å². The summed E-state index contributed by atoms with van der Waals surface area (Å²) in [5.74, 6) is 6.81. The van der Waals surface area contributed by atoms with Crippen molar-refractivity contribution in [1.82, 2.24) is 0 Å². The summed E-state index contributed by atoms with van der Waals surface area (Å²) < 4.78 is 0. The number of hydrogen-bond donors (Lipinski definition) is 1. The fraction of sp³-hybridized carbons (Fsp3) is 0.0270. The molecule has 0 amide bonds. The van der Waals surface area contributed by atoms with Crippen molar-refractivity contribution in [3.05, 3.63) is 168 Å². The third-order valence-corrected chi connectivity index (χ3v) is 8.51. The number of hydrazine groups is 1. The van der Waals surface area contributed by atoms with E-state index in [0.717, 1.165) is 11.4 Å². The smallest absolute Gasteiger partial charge is 0.0726 e. The molecule has 0 aromatic heterocycles. The molecule has 39 heavy (non-hydrogen) atoms. The number of nitrogens with zero attached hydrogens (tertiary/aromatic N) is 1. The predicted octanol–water partition coefficient (Wildman–Crippen LogP) is 8.71. The lowest BCUT2D eigenvalue weighted by Gasteiger charge is -2.31. The average molecular weight is 499 g/mol. The van der Waals surface area contributed by atoms with Crippen LogP contribution in [-0.2, 0) is 5.41 Å². The van der Waals surface area contributed by atoms with Crippen LogP contribution in [0.4, 0.5) is 11.4 Å². The molecule has 0 bridgehead atoms. The highest BCUT2D eigenvalue weighted by Gasteiger charge is 2.51. The van der Waals surface area contributed by atoms with E-state index in [2.05, 4.69) is 140 Å². The van der Waals surface area contributed by atoms with Crippen LogP contribution in [0.5, 0.6) is 0 Å². The maximum atomic E-state index is 6.81. The van der Waals surface area contributed by atoms with Crippen molar-refractivity contribution in [2.45, 2.75) is 5.41 Å². The summed E-state index contributed by atoms with van der Waals surface area (Å²) in [7, 11) is 0. The van der Waals surface area contributed by atoms with Crippen molar-refractivity contribution < 1.29 is 0 Å². The second-order valence-electron chi connectivity index (χ2n) is 10.4. The van der Waals surface area contributed by atoms with E-state index in [-0.39, 0.29) is 5.41 Å². The Balaban J connectivity index is 1.31. The van der Waals surface area contributed by atoms with Crippen LogP contribution in [0, 0.1) is 0 Å². The maximum Gasteiger partial charge on any atom is 0.0726 e. The zero-order valence-electron chi connectivity index (χ0n) is 21.4. The molecule has 0 saturated heterocycles. The van der Waals surface area contributed by atoms with Gasteiger partial charge in [-0.2, -0.15) is 0 Å². The maximum absolute atomic E-state index is 6.81. The number of nitrogens with two attached hydrogens (primary N) is 1. The van der Waals surface area contributed by atoms with E-state index in [9.17, 15) is 0 Å².